The first-order valence-corrected chi connectivity index (χ1v) is 2.98. The highest BCUT2D eigenvalue weighted by Crippen LogP contribution is 1.95. The number of nitrogens with one attached hydrogen (secondary N) is 2. The van der Waals surface area contributed by atoms with E-state index < -0.39 is 0 Å². The fraction of sp³-hybridized carbons (Fsp3) is 0.500. The molecule has 1 heterocycles. The summed E-state index contributed by atoms with van der Waals surface area (Å²) in [5.74, 6) is 0. The zero-order valence-corrected chi connectivity index (χ0v) is 6.44. The lowest BCUT2D eigenvalue weighted by molar-refractivity contribution is 0.783. The van der Waals surface area contributed by atoms with Crippen molar-refractivity contribution in [1.29, 1.82) is 0 Å². The number of aromatic nitrogens is 2. The molecule has 4 heteroatoms. The van der Waals surface area contributed by atoms with Crippen LogP contribution < -0.4 is 11.5 Å². The van der Waals surface area contributed by atoms with Crippen LogP contribution in [0, 0.1) is 6.92 Å². The Bertz CT molecular complexity index is 182. The van der Waals surface area contributed by atoms with Gasteiger partial charge in [0.1, 0.15) is 0 Å². The summed E-state index contributed by atoms with van der Waals surface area (Å²) in [7, 11) is 1.91. The van der Waals surface area contributed by atoms with E-state index in [2.05, 4.69) is 15.5 Å². The van der Waals surface area contributed by atoms with Crippen molar-refractivity contribution in [2.24, 2.45) is 0 Å². The molecule has 0 aliphatic heterocycles. The zero-order valence-electron chi connectivity index (χ0n) is 6.44. The number of H-pyrrole nitrogens is 1. The van der Waals surface area contributed by atoms with Crippen molar-refractivity contribution in [2.75, 3.05) is 7.05 Å². The van der Waals surface area contributed by atoms with Crippen LogP contribution in [0.1, 0.15) is 11.4 Å². The third-order valence-corrected chi connectivity index (χ3v) is 1.12. The highest BCUT2D eigenvalue weighted by atomic mass is 15.1. The molecule has 0 aliphatic carbocycles. The number of aryl methyl sites for hydroxylation is 1. The van der Waals surface area contributed by atoms with Crippen molar-refractivity contribution in [3.63, 3.8) is 0 Å². The lowest BCUT2D eigenvalue weighted by Gasteiger charge is -1.88. The smallest absolute Gasteiger partial charge is 0.0762 e. The Balaban J connectivity index is 0.000000810. The summed E-state index contributed by atoms with van der Waals surface area (Å²) in [4.78, 5) is 0. The largest absolute Gasteiger partial charge is 0.344 e. The van der Waals surface area contributed by atoms with Gasteiger partial charge >= 0.3 is 0 Å². The molecular weight excluding hydrogens is 128 g/mol. The minimum Gasteiger partial charge on any atom is -0.344 e. The molecular formula is C6H14N4. The molecule has 0 unspecified atom stereocenters. The van der Waals surface area contributed by atoms with Crippen molar-refractivity contribution in [3.8, 4) is 0 Å². The molecule has 0 aromatic carbocycles. The summed E-state index contributed by atoms with van der Waals surface area (Å²) < 4.78 is 0. The first kappa shape index (κ1) is 9.13. The lowest BCUT2D eigenvalue weighted by Crippen LogP contribution is -2.04. The van der Waals surface area contributed by atoms with Gasteiger partial charge < -0.3 is 11.5 Å². The monoisotopic (exact) mass is 142 g/mol. The Morgan fingerprint density at radius 2 is 2.40 bits per heavy atom. The SMILES string of the molecule is CNCc1cc(C)[nH]n1.N. The molecule has 1 rings (SSSR count). The Labute approximate surface area is 60.6 Å². The molecule has 5 N–H and O–H groups in total. The van der Waals surface area contributed by atoms with Gasteiger partial charge in [-0.25, -0.2) is 0 Å². The summed E-state index contributed by atoms with van der Waals surface area (Å²) in [6.45, 7) is 2.83. The molecule has 58 valence electrons. The van der Waals surface area contributed by atoms with Crippen molar-refractivity contribution in [1.82, 2.24) is 21.7 Å². The van der Waals surface area contributed by atoms with Crippen LogP contribution in [0.2, 0.25) is 0 Å². The van der Waals surface area contributed by atoms with E-state index in [1.54, 1.807) is 0 Å². The average molecular weight is 142 g/mol. The Hall–Kier alpha value is -0.870. The van der Waals surface area contributed by atoms with Gasteiger partial charge in [0.05, 0.1) is 5.69 Å². The van der Waals surface area contributed by atoms with Gasteiger partial charge in [0, 0.05) is 12.2 Å². The first-order chi connectivity index (χ1) is 4.33. The average Bonchev–Trinajstić information content (AvgIpc) is 2.17. The quantitative estimate of drug-likeness (QED) is 0.566. The fourth-order valence-electron chi connectivity index (χ4n) is 0.746. The second kappa shape index (κ2) is 4.03. The van der Waals surface area contributed by atoms with Gasteiger partial charge in [0.25, 0.3) is 0 Å². The van der Waals surface area contributed by atoms with Gasteiger partial charge in [-0.1, -0.05) is 0 Å². The molecule has 0 bridgehead atoms. The minimum absolute atomic E-state index is 0. The fourth-order valence-corrected chi connectivity index (χ4v) is 0.746. The summed E-state index contributed by atoms with van der Waals surface area (Å²) >= 11 is 0. The molecule has 0 spiro atoms. The summed E-state index contributed by atoms with van der Waals surface area (Å²) in [5.41, 5.74) is 2.18. The standard InChI is InChI=1S/C6H11N3.H3N/c1-5-3-6(4-7-2)9-8-5;/h3,7H,4H2,1-2H3,(H,8,9);1H3. The molecule has 1 aromatic heterocycles. The normalized spacial score (nSPS) is 9.00. The Kier molecular flexibility index (Phi) is 3.68. The van der Waals surface area contributed by atoms with Crippen LogP contribution in [0.25, 0.3) is 0 Å². The van der Waals surface area contributed by atoms with E-state index in [9.17, 15) is 0 Å². The van der Waals surface area contributed by atoms with Crippen LogP contribution in [0.4, 0.5) is 0 Å². The van der Waals surface area contributed by atoms with Crippen molar-refractivity contribution >= 4 is 0 Å². The van der Waals surface area contributed by atoms with Gasteiger partial charge in [-0.15, -0.1) is 0 Å². The summed E-state index contributed by atoms with van der Waals surface area (Å²) in [6, 6.07) is 2.02. The van der Waals surface area contributed by atoms with Gasteiger partial charge in [-0.3, -0.25) is 5.10 Å². The summed E-state index contributed by atoms with van der Waals surface area (Å²) in [5, 5.41) is 9.90. The predicted molar refractivity (Wildman–Crippen MR) is 41.1 cm³/mol. The van der Waals surface area contributed by atoms with Crippen LogP contribution in [-0.4, -0.2) is 17.2 Å². The predicted octanol–water partition coefficient (Wildman–Crippen LogP) is 0.600. The highest BCUT2D eigenvalue weighted by molar-refractivity contribution is 5.05. The molecule has 0 saturated heterocycles. The lowest BCUT2D eigenvalue weighted by atomic mass is 10.4. The molecule has 0 radical (unpaired) electrons. The highest BCUT2D eigenvalue weighted by Gasteiger charge is 1.92. The minimum atomic E-state index is 0. The van der Waals surface area contributed by atoms with Crippen molar-refractivity contribution in [3.05, 3.63) is 17.5 Å². The topological polar surface area (TPSA) is 75.7 Å². The van der Waals surface area contributed by atoms with E-state index in [-0.39, 0.29) is 6.15 Å². The van der Waals surface area contributed by atoms with E-state index in [1.165, 1.54) is 0 Å². The molecule has 0 amide bonds. The van der Waals surface area contributed by atoms with Crippen LogP contribution in [0.15, 0.2) is 6.07 Å². The zero-order chi connectivity index (χ0) is 6.69. The molecule has 4 nitrogen and oxygen atoms in total. The van der Waals surface area contributed by atoms with Gasteiger partial charge in [0.2, 0.25) is 0 Å². The van der Waals surface area contributed by atoms with Gasteiger partial charge in [-0.05, 0) is 20.0 Å². The number of hydrogen-bond donors (Lipinski definition) is 3. The number of rotatable bonds is 2. The first-order valence-electron chi connectivity index (χ1n) is 2.98. The van der Waals surface area contributed by atoms with Crippen LogP contribution in [0.5, 0.6) is 0 Å². The second-order valence-electron chi connectivity index (χ2n) is 2.07. The molecule has 0 saturated carbocycles. The molecule has 0 aliphatic rings. The van der Waals surface area contributed by atoms with E-state index in [1.807, 2.05) is 20.0 Å². The van der Waals surface area contributed by atoms with Gasteiger partial charge in [0.15, 0.2) is 0 Å². The van der Waals surface area contributed by atoms with E-state index in [4.69, 9.17) is 0 Å². The number of hydrogen-bond acceptors (Lipinski definition) is 3. The van der Waals surface area contributed by atoms with Crippen LogP contribution >= 0.6 is 0 Å². The van der Waals surface area contributed by atoms with E-state index in [0.29, 0.717) is 0 Å². The molecule has 1 aromatic rings. The maximum Gasteiger partial charge on any atom is 0.0762 e. The van der Waals surface area contributed by atoms with Gasteiger partial charge in [-0.2, -0.15) is 5.10 Å². The Morgan fingerprint density at radius 3 is 2.80 bits per heavy atom. The van der Waals surface area contributed by atoms with Crippen molar-refractivity contribution < 1.29 is 0 Å². The number of nitrogens with zero attached hydrogens (tertiary/aromatic N) is 1. The Morgan fingerprint density at radius 1 is 1.70 bits per heavy atom. The van der Waals surface area contributed by atoms with Crippen molar-refractivity contribution in [2.45, 2.75) is 13.5 Å². The van der Waals surface area contributed by atoms with E-state index >= 15 is 0 Å². The molecule has 10 heavy (non-hydrogen) atoms. The molecule has 0 fully saturated rings. The second-order valence-corrected chi connectivity index (χ2v) is 2.07. The number of aromatic amines is 1. The van der Waals surface area contributed by atoms with E-state index in [0.717, 1.165) is 17.9 Å². The van der Waals surface area contributed by atoms with Crippen LogP contribution in [-0.2, 0) is 6.54 Å². The maximum atomic E-state index is 4.02. The third-order valence-electron chi connectivity index (χ3n) is 1.12. The summed E-state index contributed by atoms with van der Waals surface area (Å²) in [6.07, 6.45) is 0. The third kappa shape index (κ3) is 2.16. The maximum absolute atomic E-state index is 4.02. The van der Waals surface area contributed by atoms with Crippen LogP contribution in [0.3, 0.4) is 0 Å². The molecule has 0 atom stereocenters.